The molecule has 1 saturated heterocycles. The number of ether oxygens (including phenoxy) is 1. The van der Waals surface area contributed by atoms with Gasteiger partial charge in [-0.2, -0.15) is 8.78 Å². The molecule has 1 aromatic carbocycles. The summed E-state index contributed by atoms with van der Waals surface area (Å²) in [7, 11) is 3.71. The number of H-pyrrole nitrogens is 1. The number of alkyl halides is 2. The van der Waals surface area contributed by atoms with E-state index in [1.165, 1.54) is 39.3 Å². The maximum Gasteiger partial charge on any atom is 0.298 e. The normalized spacial score (nSPS) is 24.9. The molecule has 7 atom stereocenters. The number of hydrogen-bond donors (Lipinski definition) is 3. The molecule has 3 unspecified atom stereocenters. The Balaban J connectivity index is 0.000000861. The maximum absolute atomic E-state index is 15.0. The van der Waals surface area contributed by atoms with Crippen LogP contribution >= 0.6 is 0 Å². The van der Waals surface area contributed by atoms with E-state index in [0.29, 0.717) is 41.3 Å². The SMILES string of the molecule is CC(C)(C)[C@H](O)C=O.COc1ccc2nc(C(F)(F)C3CC3CC[C@H]3CCCC3C)c(=O)[nH]c2c1.C[C@@H]1CCN(C)[C@@H]1C.NC=O.[CH-]=O.[V]. The summed E-state index contributed by atoms with van der Waals surface area (Å²) in [6.07, 6.45) is 7.45. The number of carbonyl (C=O) groups is 2. The molecule has 3 aliphatic rings. The van der Waals surface area contributed by atoms with E-state index in [1.54, 1.807) is 18.2 Å². The number of aldehydes is 1. The zero-order valence-corrected chi connectivity index (χ0v) is 31.7. The maximum atomic E-state index is 15.0. The van der Waals surface area contributed by atoms with E-state index < -0.39 is 29.2 Å². The Labute approximate surface area is 302 Å². The fourth-order valence-corrected chi connectivity index (χ4v) is 6.17. The Morgan fingerprint density at radius 2 is 1.69 bits per heavy atom. The zero-order valence-electron chi connectivity index (χ0n) is 30.3. The number of aromatic amines is 1. The van der Waals surface area contributed by atoms with Gasteiger partial charge in [0.25, 0.3) is 11.5 Å². The van der Waals surface area contributed by atoms with Crippen molar-refractivity contribution < 1.29 is 51.6 Å². The number of nitrogens with zero attached hydrogens (tertiary/aromatic N) is 2. The predicted octanol–water partition coefficient (Wildman–Crippen LogP) is 5.64. The average Bonchev–Trinajstić information content (AvgIpc) is 3.66. The molecule has 2 heterocycles. The number of benzene rings is 1. The Kier molecular flexibility index (Phi) is 20.4. The second kappa shape index (κ2) is 21.5. The van der Waals surface area contributed by atoms with Gasteiger partial charge in [-0.15, -0.1) is 0 Å². The van der Waals surface area contributed by atoms with Crippen LogP contribution in [0.2, 0.25) is 0 Å². The van der Waals surface area contributed by atoms with Gasteiger partial charge >= 0.3 is 0 Å². The van der Waals surface area contributed by atoms with Gasteiger partial charge in [0.05, 0.1) is 18.1 Å². The molecule has 1 amide bonds. The number of hydrogen-bond acceptors (Lipinski definition) is 8. The molecule has 1 aromatic heterocycles. The number of aliphatic hydroxyl groups excluding tert-OH is 1. The van der Waals surface area contributed by atoms with E-state index >= 15 is 0 Å². The van der Waals surface area contributed by atoms with Crippen LogP contribution in [0, 0.1) is 35.0 Å². The quantitative estimate of drug-likeness (QED) is 0.244. The van der Waals surface area contributed by atoms with Crippen LogP contribution in [0.25, 0.3) is 11.0 Å². The third-order valence-corrected chi connectivity index (χ3v) is 10.0. The van der Waals surface area contributed by atoms with Crippen molar-refractivity contribution in [2.24, 2.45) is 40.7 Å². The number of primary amides is 1. The number of nitrogens with one attached hydrogen (secondary N) is 1. The van der Waals surface area contributed by atoms with Crippen LogP contribution in [0.15, 0.2) is 23.0 Å². The van der Waals surface area contributed by atoms with Gasteiger partial charge in [-0.1, -0.05) is 53.9 Å². The molecule has 2 aromatic rings. The Bertz CT molecular complexity index is 1330. The molecule has 3 fully saturated rings. The van der Waals surface area contributed by atoms with Crippen LogP contribution in [0.1, 0.15) is 92.2 Å². The molecule has 2 aliphatic carbocycles. The van der Waals surface area contributed by atoms with Crippen molar-refractivity contribution in [2.45, 2.75) is 105 Å². The van der Waals surface area contributed by atoms with Gasteiger partial charge in [-0.25, -0.2) is 4.98 Å². The topological polar surface area (TPSA) is 156 Å². The van der Waals surface area contributed by atoms with Crippen molar-refractivity contribution in [1.82, 2.24) is 14.9 Å². The number of rotatable bonds is 7. The smallest absolute Gasteiger partial charge is 0.298 e. The van der Waals surface area contributed by atoms with Gasteiger partial charge in [-0.3, -0.25) is 16.4 Å². The first-order chi connectivity index (χ1) is 22.5. The second-order valence-corrected chi connectivity index (χ2v) is 14.3. The van der Waals surface area contributed by atoms with Crippen LogP contribution in [-0.2, 0) is 38.9 Å². The molecule has 277 valence electrons. The molecule has 5 rings (SSSR count). The van der Waals surface area contributed by atoms with Crippen LogP contribution < -0.4 is 16.0 Å². The van der Waals surface area contributed by atoms with E-state index in [2.05, 4.69) is 55.2 Å². The first kappa shape index (κ1) is 46.3. The minimum absolute atomic E-state index is 0. The minimum atomic E-state index is -3.19. The Morgan fingerprint density at radius 1 is 1.10 bits per heavy atom. The van der Waals surface area contributed by atoms with Crippen LogP contribution in [0.4, 0.5) is 8.78 Å². The van der Waals surface area contributed by atoms with E-state index in [-0.39, 0.29) is 36.3 Å². The molecule has 0 bridgehead atoms. The van der Waals surface area contributed by atoms with Gasteiger partial charge in [0.15, 0.2) is 5.69 Å². The van der Waals surface area contributed by atoms with E-state index in [9.17, 15) is 18.4 Å². The van der Waals surface area contributed by atoms with Gasteiger partial charge in [0.1, 0.15) is 18.1 Å². The summed E-state index contributed by atoms with van der Waals surface area (Å²) in [6, 6.07) is 5.65. The molecule has 0 spiro atoms. The standard InChI is InChI=1S/C21H26F2N2O2.C7H15N.C6H12O2.CH3NO.CHO.V/c1-12-4-3-5-13(12)6-7-14-10-16(14)21(22,23)19-20(26)25-18-11-15(27-2)8-9-17(18)24-19;1-6-4-5-8(3)7(6)2;1-6(2,3)5(8)4-7;2-1-3;1-2;/h8-9,11-14,16H,3-7,10H2,1-2H3,(H,25,26);6-7H,4-5H2,1-3H3;4-5,8H,1-3H3;1H,(H2,2,3);1H;/q;;;;-1;/t12?,13-,14?,16?;6-,7-;5-;;;/m111.../s1. The number of fused-ring (bicyclic) bond motifs is 1. The molecule has 10 nitrogen and oxygen atoms in total. The largest absolute Gasteiger partial charge is 0.545 e. The number of carbonyl (C=O) groups excluding carboxylic acids is 3. The van der Waals surface area contributed by atoms with Gasteiger partial charge in [-0.05, 0) is 87.4 Å². The molecule has 4 N–H and O–H groups in total. The predicted molar refractivity (Wildman–Crippen MR) is 185 cm³/mol. The van der Waals surface area contributed by atoms with Crippen molar-refractivity contribution in [3.05, 3.63) is 34.2 Å². The summed E-state index contributed by atoms with van der Waals surface area (Å²) in [5.41, 5.74) is 3.16. The van der Waals surface area contributed by atoms with Crippen LogP contribution in [0.5, 0.6) is 5.75 Å². The van der Waals surface area contributed by atoms with Crippen molar-refractivity contribution >= 4 is 30.5 Å². The summed E-state index contributed by atoms with van der Waals surface area (Å²) in [4.78, 5) is 47.5. The average molecular weight is 731 g/mol. The van der Waals surface area contributed by atoms with Crippen molar-refractivity contribution in [3.63, 3.8) is 0 Å². The number of methoxy groups -OCH3 is 1. The van der Waals surface area contributed by atoms with Gasteiger partial charge in [0.2, 0.25) is 6.41 Å². The van der Waals surface area contributed by atoms with Crippen molar-refractivity contribution in [1.29, 1.82) is 0 Å². The molecular formula is C36H57F2N4O6V-. The monoisotopic (exact) mass is 730 g/mol. The molecule has 2 saturated carbocycles. The fourth-order valence-electron chi connectivity index (χ4n) is 6.17. The van der Waals surface area contributed by atoms with Crippen LogP contribution in [-0.4, -0.2) is 72.3 Å². The third-order valence-electron chi connectivity index (χ3n) is 10.0. The summed E-state index contributed by atoms with van der Waals surface area (Å²) >= 11 is 0. The second-order valence-electron chi connectivity index (χ2n) is 14.3. The van der Waals surface area contributed by atoms with Crippen LogP contribution in [0.3, 0.4) is 0 Å². The number of nitrogens with two attached hydrogens (primary N) is 1. The van der Waals surface area contributed by atoms with E-state index in [1.807, 2.05) is 20.8 Å². The molecule has 13 heteroatoms. The first-order valence-corrected chi connectivity index (χ1v) is 16.7. The van der Waals surface area contributed by atoms with Crippen molar-refractivity contribution in [3.8, 4) is 5.75 Å². The van der Waals surface area contributed by atoms with E-state index in [0.717, 1.165) is 24.8 Å². The molecule has 1 radical (unpaired) electrons. The molecule has 49 heavy (non-hydrogen) atoms. The zero-order chi connectivity index (χ0) is 36.8. The minimum Gasteiger partial charge on any atom is -0.545 e. The number of aromatic nitrogens is 2. The molecular weight excluding hydrogens is 673 g/mol. The first-order valence-electron chi connectivity index (χ1n) is 16.7. The van der Waals surface area contributed by atoms with Gasteiger partial charge in [0, 0.05) is 36.6 Å². The van der Waals surface area contributed by atoms with Crippen molar-refractivity contribution in [2.75, 3.05) is 20.7 Å². The third kappa shape index (κ3) is 13.9. The number of aliphatic hydroxyl groups is 1. The number of likely N-dealkylation sites (tertiary alicyclic amines) is 1. The summed E-state index contributed by atoms with van der Waals surface area (Å²) in [6.45, 7) is 16.9. The van der Waals surface area contributed by atoms with Gasteiger partial charge < -0.3 is 35.1 Å². The summed E-state index contributed by atoms with van der Waals surface area (Å²) in [5.74, 6) is -1.10. The Hall–Kier alpha value is -2.67. The fraction of sp³-hybridized carbons (Fsp3) is 0.694. The molecule has 1 aliphatic heterocycles. The number of halogens is 2. The number of amides is 1. The summed E-state index contributed by atoms with van der Waals surface area (Å²) in [5, 5.41) is 8.83. The summed E-state index contributed by atoms with van der Waals surface area (Å²) < 4.78 is 35.1. The van der Waals surface area contributed by atoms with E-state index in [4.69, 9.17) is 19.4 Å². The Morgan fingerprint density at radius 3 is 2.10 bits per heavy atom.